The van der Waals surface area contributed by atoms with Gasteiger partial charge in [0.2, 0.25) is 0 Å². The van der Waals surface area contributed by atoms with Gasteiger partial charge in [0.1, 0.15) is 11.5 Å². The molecule has 1 aromatic heterocycles. The third-order valence-corrected chi connectivity index (χ3v) is 5.25. The number of aromatic carboxylic acids is 1. The maximum atomic E-state index is 12.9. The van der Waals surface area contributed by atoms with Crippen LogP contribution in [0.25, 0.3) is 11.3 Å². The summed E-state index contributed by atoms with van der Waals surface area (Å²) < 4.78 is 5.36. The molecule has 1 amide bonds. The molecule has 2 heterocycles. The second kappa shape index (κ2) is 8.32. The highest BCUT2D eigenvalue weighted by Gasteiger charge is 2.19. The van der Waals surface area contributed by atoms with Crippen molar-refractivity contribution in [3.05, 3.63) is 65.9 Å². The minimum absolute atomic E-state index is 0.0506. The van der Waals surface area contributed by atoms with E-state index in [4.69, 9.17) is 4.42 Å². The topological polar surface area (TPSA) is 103 Å². The van der Waals surface area contributed by atoms with Gasteiger partial charge in [0.25, 0.3) is 5.91 Å². The number of furan rings is 1. The summed E-state index contributed by atoms with van der Waals surface area (Å²) >= 11 is 0. The SMILES string of the molecule is O=C(Nc1cc(-c2ccco2)ccc1C(=O)O)c1cc(N2CCCCC2)ccc1O. The zero-order chi connectivity index (χ0) is 21.1. The van der Waals surface area contributed by atoms with Gasteiger partial charge in [-0.1, -0.05) is 6.07 Å². The maximum absolute atomic E-state index is 12.9. The van der Waals surface area contributed by atoms with Gasteiger partial charge >= 0.3 is 5.97 Å². The van der Waals surface area contributed by atoms with Crippen LogP contribution in [0.1, 0.15) is 40.0 Å². The molecule has 0 atom stereocenters. The highest BCUT2D eigenvalue weighted by molar-refractivity contribution is 6.10. The third kappa shape index (κ3) is 4.00. The number of amides is 1. The standard InChI is InChI=1S/C23H22N2O5/c26-20-9-7-16(25-10-2-1-3-11-25)14-18(20)22(27)24-19-13-15(21-5-4-12-30-21)6-8-17(19)23(28)29/h4-9,12-14,26H,1-3,10-11H2,(H,24,27)(H,28,29). The number of hydrogen-bond donors (Lipinski definition) is 3. The molecule has 0 aliphatic carbocycles. The fraction of sp³-hybridized carbons (Fsp3) is 0.217. The van der Waals surface area contributed by atoms with Crippen LogP contribution in [0.3, 0.4) is 0 Å². The number of phenols is 1. The molecule has 7 nitrogen and oxygen atoms in total. The molecule has 0 unspecified atom stereocenters. The first-order valence-corrected chi connectivity index (χ1v) is 9.83. The molecule has 1 aliphatic heterocycles. The van der Waals surface area contributed by atoms with Crippen molar-refractivity contribution in [3.63, 3.8) is 0 Å². The normalized spacial score (nSPS) is 13.8. The smallest absolute Gasteiger partial charge is 0.337 e. The highest BCUT2D eigenvalue weighted by atomic mass is 16.4. The second-order valence-electron chi connectivity index (χ2n) is 7.25. The quantitative estimate of drug-likeness (QED) is 0.573. The summed E-state index contributed by atoms with van der Waals surface area (Å²) in [5.41, 5.74) is 1.67. The predicted molar refractivity (Wildman–Crippen MR) is 113 cm³/mol. The van der Waals surface area contributed by atoms with Gasteiger partial charge in [-0.15, -0.1) is 0 Å². The van der Waals surface area contributed by atoms with Crippen molar-refractivity contribution in [3.8, 4) is 17.1 Å². The van der Waals surface area contributed by atoms with Gasteiger partial charge in [0.15, 0.2) is 0 Å². The Hall–Kier alpha value is -3.74. The van der Waals surface area contributed by atoms with Crippen LogP contribution >= 0.6 is 0 Å². The van der Waals surface area contributed by atoms with Crippen molar-refractivity contribution in [2.45, 2.75) is 19.3 Å². The van der Waals surface area contributed by atoms with E-state index in [1.54, 1.807) is 36.4 Å². The number of hydrogen-bond acceptors (Lipinski definition) is 5. The summed E-state index contributed by atoms with van der Waals surface area (Å²) in [6.45, 7) is 1.81. The van der Waals surface area contributed by atoms with E-state index in [-0.39, 0.29) is 22.6 Å². The first-order valence-electron chi connectivity index (χ1n) is 9.83. The van der Waals surface area contributed by atoms with Crippen molar-refractivity contribution >= 4 is 23.3 Å². The van der Waals surface area contributed by atoms with Crippen molar-refractivity contribution in [2.75, 3.05) is 23.3 Å². The van der Waals surface area contributed by atoms with Gasteiger partial charge < -0.3 is 24.8 Å². The average molecular weight is 406 g/mol. The molecule has 0 saturated carbocycles. The number of nitrogens with zero attached hydrogens (tertiary/aromatic N) is 1. The Labute approximate surface area is 173 Å². The molecule has 0 spiro atoms. The Balaban J connectivity index is 1.65. The van der Waals surface area contributed by atoms with Crippen LogP contribution in [-0.2, 0) is 0 Å². The lowest BCUT2D eigenvalue weighted by Gasteiger charge is -2.29. The monoisotopic (exact) mass is 406 g/mol. The van der Waals surface area contributed by atoms with E-state index in [9.17, 15) is 19.8 Å². The van der Waals surface area contributed by atoms with Gasteiger partial charge in [-0.2, -0.15) is 0 Å². The molecular weight excluding hydrogens is 384 g/mol. The van der Waals surface area contributed by atoms with E-state index in [2.05, 4.69) is 10.2 Å². The van der Waals surface area contributed by atoms with E-state index < -0.39 is 11.9 Å². The van der Waals surface area contributed by atoms with Gasteiger partial charge in [0, 0.05) is 24.3 Å². The Morgan fingerprint density at radius 3 is 2.47 bits per heavy atom. The molecule has 1 saturated heterocycles. The summed E-state index contributed by atoms with van der Waals surface area (Å²) in [4.78, 5) is 26.8. The number of aromatic hydroxyl groups is 1. The van der Waals surface area contributed by atoms with E-state index >= 15 is 0 Å². The lowest BCUT2D eigenvalue weighted by molar-refractivity contribution is 0.0698. The summed E-state index contributed by atoms with van der Waals surface area (Å²) in [6, 6.07) is 13.0. The number of carbonyl (C=O) groups excluding carboxylic acids is 1. The van der Waals surface area contributed by atoms with Gasteiger partial charge in [-0.3, -0.25) is 4.79 Å². The Kier molecular flexibility index (Phi) is 5.43. The van der Waals surface area contributed by atoms with Crippen LogP contribution in [0, 0.1) is 0 Å². The molecule has 154 valence electrons. The zero-order valence-electron chi connectivity index (χ0n) is 16.3. The van der Waals surface area contributed by atoms with Crippen LogP contribution in [0.2, 0.25) is 0 Å². The fourth-order valence-electron chi connectivity index (χ4n) is 3.67. The molecule has 4 rings (SSSR count). The van der Waals surface area contributed by atoms with Crippen LogP contribution in [0.5, 0.6) is 5.75 Å². The number of piperidine rings is 1. The molecule has 30 heavy (non-hydrogen) atoms. The minimum atomic E-state index is -1.16. The van der Waals surface area contributed by atoms with Crippen molar-refractivity contribution in [1.82, 2.24) is 0 Å². The van der Waals surface area contributed by atoms with Crippen LogP contribution < -0.4 is 10.2 Å². The Morgan fingerprint density at radius 1 is 0.967 bits per heavy atom. The molecule has 2 aromatic carbocycles. The molecule has 1 aliphatic rings. The van der Waals surface area contributed by atoms with Crippen molar-refractivity contribution in [1.29, 1.82) is 0 Å². The number of carboxylic acids is 1. The molecule has 1 fully saturated rings. The maximum Gasteiger partial charge on any atom is 0.337 e. The summed E-state index contributed by atoms with van der Waals surface area (Å²) in [5, 5.41) is 22.4. The number of nitrogens with one attached hydrogen (secondary N) is 1. The molecule has 3 aromatic rings. The molecule has 3 N–H and O–H groups in total. The van der Waals surface area contributed by atoms with E-state index in [0.29, 0.717) is 11.3 Å². The van der Waals surface area contributed by atoms with E-state index in [0.717, 1.165) is 31.6 Å². The predicted octanol–water partition coefficient (Wildman–Crippen LogP) is 4.59. The van der Waals surface area contributed by atoms with E-state index in [1.165, 1.54) is 24.8 Å². The Bertz CT molecular complexity index is 1070. The third-order valence-electron chi connectivity index (χ3n) is 5.25. The second-order valence-corrected chi connectivity index (χ2v) is 7.25. The molecular formula is C23H22N2O5. The number of carbonyl (C=O) groups is 2. The molecule has 0 radical (unpaired) electrons. The highest BCUT2D eigenvalue weighted by Crippen LogP contribution is 2.30. The van der Waals surface area contributed by atoms with Crippen LogP contribution in [0.15, 0.2) is 59.2 Å². The van der Waals surface area contributed by atoms with Crippen LogP contribution in [0.4, 0.5) is 11.4 Å². The first kappa shape index (κ1) is 19.6. The van der Waals surface area contributed by atoms with Crippen LogP contribution in [-0.4, -0.2) is 35.2 Å². The number of benzene rings is 2. The van der Waals surface area contributed by atoms with Crippen molar-refractivity contribution in [2.24, 2.45) is 0 Å². The summed E-state index contributed by atoms with van der Waals surface area (Å²) in [7, 11) is 0. The van der Waals surface area contributed by atoms with Gasteiger partial charge in [-0.05, 0) is 61.7 Å². The fourth-order valence-corrected chi connectivity index (χ4v) is 3.67. The zero-order valence-corrected chi connectivity index (χ0v) is 16.3. The van der Waals surface area contributed by atoms with E-state index in [1.807, 2.05) is 0 Å². The summed E-state index contributed by atoms with van der Waals surface area (Å²) in [5.74, 6) is -1.35. The Morgan fingerprint density at radius 2 is 1.77 bits per heavy atom. The molecule has 7 heteroatoms. The number of phenolic OH excluding ortho intramolecular Hbond substituents is 1. The minimum Gasteiger partial charge on any atom is -0.507 e. The van der Waals surface area contributed by atoms with Gasteiger partial charge in [0.05, 0.1) is 23.1 Å². The lowest BCUT2D eigenvalue weighted by atomic mass is 10.1. The van der Waals surface area contributed by atoms with Gasteiger partial charge in [-0.25, -0.2) is 4.79 Å². The number of carboxylic acid groups (broad SMARTS) is 1. The largest absolute Gasteiger partial charge is 0.507 e. The molecule has 0 bridgehead atoms. The van der Waals surface area contributed by atoms with Crippen molar-refractivity contribution < 1.29 is 24.2 Å². The summed E-state index contributed by atoms with van der Waals surface area (Å²) in [6.07, 6.45) is 4.88. The number of anilines is 2. The average Bonchev–Trinajstić information content (AvgIpc) is 3.29. The first-order chi connectivity index (χ1) is 14.5. The number of rotatable bonds is 5. The lowest BCUT2D eigenvalue weighted by Crippen LogP contribution is -2.29.